The molecule has 0 radical (unpaired) electrons. The van der Waals surface area contributed by atoms with E-state index in [1.807, 2.05) is 30.3 Å². The van der Waals surface area contributed by atoms with Gasteiger partial charge in [0.05, 0.1) is 5.71 Å². The molecule has 1 aliphatic heterocycles. The van der Waals surface area contributed by atoms with Gasteiger partial charge in [0.25, 0.3) is 5.91 Å². The molecule has 3 unspecified atom stereocenters. The smallest absolute Gasteiger partial charge is 0.264 e. The minimum absolute atomic E-state index is 0.0275. The van der Waals surface area contributed by atoms with E-state index >= 15 is 0 Å². The van der Waals surface area contributed by atoms with Crippen molar-refractivity contribution in [2.45, 2.75) is 51.7 Å². The number of hydrogen-bond acceptors (Lipinski definition) is 3. The number of nitrogens with zero attached hydrogens (tertiary/aromatic N) is 1. The minimum atomic E-state index is -0.489. The second-order valence-corrected chi connectivity index (χ2v) is 6.62. The second-order valence-electron chi connectivity index (χ2n) is 6.62. The van der Waals surface area contributed by atoms with Crippen molar-refractivity contribution in [3.05, 3.63) is 35.9 Å². The van der Waals surface area contributed by atoms with Gasteiger partial charge in [0.1, 0.15) is 0 Å². The third-order valence-corrected chi connectivity index (χ3v) is 4.92. The summed E-state index contributed by atoms with van der Waals surface area (Å²) in [5.74, 6) is 1.03. The van der Waals surface area contributed by atoms with Crippen LogP contribution < -0.4 is 5.32 Å². The van der Waals surface area contributed by atoms with Crippen LogP contribution in [0.25, 0.3) is 0 Å². The number of carbonyl (C=O) groups is 1. The van der Waals surface area contributed by atoms with Crippen LogP contribution in [-0.4, -0.2) is 23.8 Å². The van der Waals surface area contributed by atoms with Crippen molar-refractivity contribution in [3.63, 3.8) is 0 Å². The van der Waals surface area contributed by atoms with Crippen molar-refractivity contribution in [2.24, 2.45) is 17.0 Å². The molecule has 4 heteroatoms. The molecule has 1 aromatic carbocycles. The van der Waals surface area contributed by atoms with Crippen molar-refractivity contribution in [3.8, 4) is 0 Å². The van der Waals surface area contributed by atoms with Crippen molar-refractivity contribution in [1.82, 2.24) is 5.32 Å². The molecule has 1 fully saturated rings. The fourth-order valence-electron chi connectivity index (χ4n) is 3.54. The highest BCUT2D eigenvalue weighted by molar-refractivity contribution is 6.04. The number of hydrogen-bond donors (Lipinski definition) is 1. The molecule has 1 saturated carbocycles. The molecule has 4 nitrogen and oxygen atoms in total. The zero-order valence-corrected chi connectivity index (χ0v) is 13.3. The van der Waals surface area contributed by atoms with Gasteiger partial charge >= 0.3 is 0 Å². The maximum absolute atomic E-state index is 12.5. The largest absolute Gasteiger partial charge is 0.382 e. The van der Waals surface area contributed by atoms with Gasteiger partial charge in [-0.1, -0.05) is 55.8 Å². The predicted octanol–water partition coefficient (Wildman–Crippen LogP) is 3.12. The maximum atomic E-state index is 12.5. The van der Waals surface area contributed by atoms with E-state index in [2.05, 4.69) is 24.3 Å². The minimum Gasteiger partial charge on any atom is -0.382 e. The summed E-state index contributed by atoms with van der Waals surface area (Å²) in [4.78, 5) is 17.8. The molecule has 3 rings (SSSR count). The van der Waals surface area contributed by atoms with Crippen LogP contribution >= 0.6 is 0 Å². The Kier molecular flexibility index (Phi) is 4.46. The summed E-state index contributed by atoms with van der Waals surface area (Å²) in [5.41, 5.74) is 1.88. The zero-order chi connectivity index (χ0) is 15.5. The average molecular weight is 300 g/mol. The first-order valence-corrected chi connectivity index (χ1v) is 8.23. The monoisotopic (exact) mass is 300 g/mol. The van der Waals surface area contributed by atoms with E-state index in [-0.39, 0.29) is 11.9 Å². The summed E-state index contributed by atoms with van der Waals surface area (Å²) in [7, 11) is 0. The lowest BCUT2D eigenvalue weighted by Gasteiger charge is -2.35. The number of rotatable bonds is 3. The number of nitrogens with one attached hydrogen (secondary N) is 1. The van der Waals surface area contributed by atoms with Gasteiger partial charge in [-0.25, -0.2) is 0 Å². The van der Waals surface area contributed by atoms with Crippen LogP contribution in [0.4, 0.5) is 0 Å². The van der Waals surface area contributed by atoms with Crippen LogP contribution in [0.5, 0.6) is 0 Å². The number of amides is 1. The van der Waals surface area contributed by atoms with E-state index < -0.39 is 6.10 Å². The first kappa shape index (κ1) is 15.1. The van der Waals surface area contributed by atoms with Gasteiger partial charge in [-0.3, -0.25) is 4.79 Å². The van der Waals surface area contributed by atoms with E-state index in [9.17, 15) is 4.79 Å². The Balaban J connectivity index is 1.58. The lowest BCUT2D eigenvalue weighted by atomic mass is 9.78. The Morgan fingerprint density at radius 2 is 1.86 bits per heavy atom. The van der Waals surface area contributed by atoms with Crippen molar-refractivity contribution in [1.29, 1.82) is 0 Å². The molecular weight excluding hydrogens is 276 g/mol. The Hall–Kier alpha value is -1.84. The van der Waals surface area contributed by atoms with E-state index in [0.717, 1.165) is 11.3 Å². The molecule has 0 aromatic heterocycles. The van der Waals surface area contributed by atoms with Crippen LogP contribution in [0.2, 0.25) is 0 Å². The molecule has 0 spiro atoms. The predicted molar refractivity (Wildman–Crippen MR) is 86.6 cm³/mol. The highest BCUT2D eigenvalue weighted by Gasteiger charge is 2.34. The van der Waals surface area contributed by atoms with Crippen LogP contribution in [0.15, 0.2) is 35.5 Å². The van der Waals surface area contributed by atoms with Crippen LogP contribution in [-0.2, 0) is 9.63 Å². The summed E-state index contributed by atoms with van der Waals surface area (Å²) in [6.45, 7) is 4.45. The maximum Gasteiger partial charge on any atom is 0.264 e. The topological polar surface area (TPSA) is 50.7 Å². The fraction of sp³-hybridized carbons (Fsp3) is 0.556. The van der Waals surface area contributed by atoms with Gasteiger partial charge in [-0.15, -0.1) is 0 Å². The average Bonchev–Trinajstić information content (AvgIpc) is 3.02. The van der Waals surface area contributed by atoms with Crippen LogP contribution in [0.3, 0.4) is 0 Å². The number of benzene rings is 1. The summed E-state index contributed by atoms with van der Waals surface area (Å²) in [5, 5.41) is 7.29. The first-order valence-electron chi connectivity index (χ1n) is 8.23. The number of oxime groups is 1. The number of carbonyl (C=O) groups excluding carboxylic acids is 1. The second kappa shape index (κ2) is 6.51. The molecule has 1 N–H and O–H groups in total. The van der Waals surface area contributed by atoms with E-state index in [0.29, 0.717) is 18.3 Å². The molecule has 1 heterocycles. The highest BCUT2D eigenvalue weighted by Crippen LogP contribution is 2.29. The standard InChI is InChI=1S/C18H24N2O2/c1-12-7-6-8-13(2)17(12)19-18(21)16-11-15(20-22-16)14-9-4-3-5-10-14/h3-5,9-10,12-13,16-17H,6-8,11H2,1-2H3,(H,19,21). The van der Waals surface area contributed by atoms with Crippen LogP contribution in [0, 0.1) is 11.8 Å². The zero-order valence-electron chi connectivity index (χ0n) is 13.3. The van der Waals surface area contributed by atoms with E-state index in [1.165, 1.54) is 19.3 Å². The third kappa shape index (κ3) is 3.16. The molecule has 1 aromatic rings. The quantitative estimate of drug-likeness (QED) is 0.932. The van der Waals surface area contributed by atoms with Gasteiger partial charge in [0.15, 0.2) is 0 Å². The fourth-order valence-corrected chi connectivity index (χ4v) is 3.54. The van der Waals surface area contributed by atoms with Crippen molar-refractivity contribution >= 4 is 11.6 Å². The summed E-state index contributed by atoms with van der Waals surface area (Å²) in [6.07, 6.45) is 3.69. The third-order valence-electron chi connectivity index (χ3n) is 4.92. The Morgan fingerprint density at radius 1 is 1.18 bits per heavy atom. The molecule has 118 valence electrons. The molecular formula is C18H24N2O2. The van der Waals surface area contributed by atoms with Gasteiger partial charge in [0, 0.05) is 12.5 Å². The SMILES string of the molecule is CC1CCCC(C)C1NC(=O)C1CC(c2ccccc2)=NO1. The lowest BCUT2D eigenvalue weighted by Crippen LogP contribution is -2.49. The van der Waals surface area contributed by atoms with E-state index in [4.69, 9.17) is 4.84 Å². The van der Waals surface area contributed by atoms with Gasteiger partial charge in [-0.2, -0.15) is 0 Å². The summed E-state index contributed by atoms with van der Waals surface area (Å²) in [6, 6.07) is 10.1. The normalized spacial score (nSPS) is 31.3. The Bertz CT molecular complexity index is 545. The van der Waals surface area contributed by atoms with Gasteiger partial charge in [-0.05, 0) is 30.2 Å². The van der Waals surface area contributed by atoms with Crippen molar-refractivity contribution in [2.75, 3.05) is 0 Å². The molecule has 1 aliphatic carbocycles. The highest BCUT2D eigenvalue weighted by atomic mass is 16.6. The van der Waals surface area contributed by atoms with Gasteiger partial charge < -0.3 is 10.2 Å². The first-order chi connectivity index (χ1) is 10.6. The Morgan fingerprint density at radius 3 is 2.55 bits per heavy atom. The van der Waals surface area contributed by atoms with Crippen LogP contribution in [0.1, 0.15) is 45.1 Å². The molecule has 0 bridgehead atoms. The molecule has 1 amide bonds. The van der Waals surface area contributed by atoms with E-state index in [1.54, 1.807) is 0 Å². The molecule has 2 aliphatic rings. The lowest BCUT2D eigenvalue weighted by molar-refractivity contribution is -0.133. The van der Waals surface area contributed by atoms with Gasteiger partial charge in [0.2, 0.25) is 6.10 Å². The van der Waals surface area contributed by atoms with Crippen molar-refractivity contribution < 1.29 is 9.63 Å². The Labute approximate surface area is 131 Å². The molecule has 3 atom stereocenters. The summed E-state index contributed by atoms with van der Waals surface area (Å²) >= 11 is 0. The summed E-state index contributed by atoms with van der Waals surface area (Å²) < 4.78 is 0. The molecule has 22 heavy (non-hydrogen) atoms. The molecule has 0 saturated heterocycles.